The van der Waals surface area contributed by atoms with Crippen LogP contribution in [0.1, 0.15) is 43.0 Å². The van der Waals surface area contributed by atoms with E-state index in [0.29, 0.717) is 5.41 Å². The van der Waals surface area contributed by atoms with Crippen molar-refractivity contribution >= 4 is 0 Å². The molecule has 1 aromatic rings. The number of aromatic nitrogens is 2. The van der Waals surface area contributed by atoms with E-state index in [9.17, 15) is 0 Å². The van der Waals surface area contributed by atoms with E-state index in [-0.39, 0.29) is 0 Å². The van der Waals surface area contributed by atoms with E-state index in [0.717, 1.165) is 25.2 Å². The molecule has 0 unspecified atom stereocenters. The van der Waals surface area contributed by atoms with E-state index < -0.39 is 0 Å². The van der Waals surface area contributed by atoms with Crippen molar-refractivity contribution in [1.82, 2.24) is 14.9 Å². The Morgan fingerprint density at radius 3 is 2.59 bits per heavy atom. The maximum Gasteiger partial charge on any atom is 0.142 e. The number of aryl methyl sites for hydroxylation is 2. The van der Waals surface area contributed by atoms with Crippen LogP contribution in [0.2, 0.25) is 0 Å². The van der Waals surface area contributed by atoms with Crippen molar-refractivity contribution in [3.63, 3.8) is 0 Å². The number of hydrogen-bond donors (Lipinski definition) is 0. The Hall–Kier alpha value is -0.960. The molecule has 0 aromatic carbocycles. The van der Waals surface area contributed by atoms with Gasteiger partial charge in [0.15, 0.2) is 0 Å². The lowest BCUT2D eigenvalue weighted by Gasteiger charge is -2.31. The minimum Gasteiger partial charge on any atom is -0.302 e. The third kappa shape index (κ3) is 2.83. The van der Waals surface area contributed by atoms with Crippen LogP contribution in [-0.4, -0.2) is 29.0 Å². The molecular formula is C14H23N3. The van der Waals surface area contributed by atoms with Gasteiger partial charge >= 0.3 is 0 Å². The number of hydrogen-bond acceptors (Lipinski definition) is 3. The van der Waals surface area contributed by atoms with Gasteiger partial charge in [-0.1, -0.05) is 13.8 Å². The zero-order valence-electron chi connectivity index (χ0n) is 11.7. The summed E-state index contributed by atoms with van der Waals surface area (Å²) in [4.78, 5) is 11.5. The van der Waals surface area contributed by atoms with Crippen molar-refractivity contribution < 1.29 is 0 Å². The first-order valence-electron chi connectivity index (χ1n) is 6.37. The standard InChI is InChI=1S/C14H23N3/c1-10-11-8-14(2,3)7-6-12(11)16-13(15-10)9-17(4)5/h6-9H2,1-5H3. The molecule has 17 heavy (non-hydrogen) atoms. The van der Waals surface area contributed by atoms with Gasteiger partial charge in [0.1, 0.15) is 5.82 Å². The second-order valence-electron chi connectivity index (χ2n) is 6.23. The Bertz CT molecular complexity index is 422. The average molecular weight is 233 g/mol. The predicted molar refractivity (Wildman–Crippen MR) is 70.0 cm³/mol. The summed E-state index contributed by atoms with van der Waals surface area (Å²) in [6.45, 7) is 7.63. The first kappa shape index (κ1) is 12.5. The molecule has 0 N–H and O–H groups in total. The quantitative estimate of drug-likeness (QED) is 0.785. The van der Waals surface area contributed by atoms with Gasteiger partial charge in [-0.2, -0.15) is 0 Å². The van der Waals surface area contributed by atoms with Gasteiger partial charge in [-0.25, -0.2) is 9.97 Å². The summed E-state index contributed by atoms with van der Waals surface area (Å²) >= 11 is 0. The first-order valence-corrected chi connectivity index (χ1v) is 6.37. The summed E-state index contributed by atoms with van der Waals surface area (Å²) in [7, 11) is 4.11. The Labute approximate surface area is 104 Å². The molecule has 1 aliphatic rings. The van der Waals surface area contributed by atoms with Gasteiger partial charge in [0.25, 0.3) is 0 Å². The summed E-state index contributed by atoms with van der Waals surface area (Å²) in [5.74, 6) is 0.964. The highest BCUT2D eigenvalue weighted by Gasteiger charge is 2.27. The van der Waals surface area contributed by atoms with Crippen molar-refractivity contribution in [3.8, 4) is 0 Å². The van der Waals surface area contributed by atoms with Crippen LogP contribution in [0, 0.1) is 12.3 Å². The highest BCUT2D eigenvalue weighted by atomic mass is 15.1. The van der Waals surface area contributed by atoms with Crippen molar-refractivity contribution in [3.05, 3.63) is 22.8 Å². The van der Waals surface area contributed by atoms with E-state index in [4.69, 9.17) is 4.98 Å². The zero-order valence-corrected chi connectivity index (χ0v) is 11.7. The maximum absolute atomic E-state index is 4.73. The van der Waals surface area contributed by atoms with Crippen LogP contribution < -0.4 is 0 Å². The molecule has 0 amide bonds. The normalized spacial score (nSPS) is 18.2. The monoisotopic (exact) mass is 233 g/mol. The minimum absolute atomic E-state index is 0.407. The SMILES string of the molecule is Cc1nc(CN(C)C)nc2c1CC(C)(C)CC2. The summed E-state index contributed by atoms with van der Waals surface area (Å²) in [5, 5.41) is 0. The number of nitrogens with zero attached hydrogens (tertiary/aromatic N) is 3. The molecule has 2 rings (SSSR count). The van der Waals surface area contributed by atoms with E-state index in [1.807, 2.05) is 0 Å². The van der Waals surface area contributed by atoms with E-state index in [1.54, 1.807) is 0 Å². The zero-order chi connectivity index (χ0) is 12.6. The molecule has 0 fully saturated rings. The number of fused-ring (bicyclic) bond motifs is 1. The van der Waals surface area contributed by atoms with Crippen molar-refractivity contribution in [2.24, 2.45) is 5.41 Å². The lowest BCUT2D eigenvalue weighted by atomic mass is 9.75. The summed E-state index contributed by atoms with van der Waals surface area (Å²) in [6, 6.07) is 0. The molecule has 0 atom stereocenters. The van der Waals surface area contributed by atoms with Crippen LogP contribution in [0.15, 0.2) is 0 Å². The second-order valence-corrected chi connectivity index (χ2v) is 6.23. The van der Waals surface area contributed by atoms with Gasteiger partial charge in [-0.15, -0.1) is 0 Å². The molecule has 0 radical (unpaired) electrons. The highest BCUT2D eigenvalue weighted by molar-refractivity contribution is 5.29. The minimum atomic E-state index is 0.407. The lowest BCUT2D eigenvalue weighted by molar-refractivity contribution is 0.308. The Balaban J connectivity index is 2.33. The largest absolute Gasteiger partial charge is 0.302 e. The fourth-order valence-electron chi connectivity index (χ4n) is 2.53. The number of rotatable bonds is 2. The Kier molecular flexibility index (Phi) is 3.21. The summed E-state index contributed by atoms with van der Waals surface area (Å²) in [6.07, 6.45) is 3.46. The van der Waals surface area contributed by atoms with Gasteiger partial charge in [-0.3, -0.25) is 0 Å². The molecule has 0 bridgehead atoms. The molecule has 1 heterocycles. The first-order chi connectivity index (χ1) is 7.87. The second kappa shape index (κ2) is 4.37. The van der Waals surface area contributed by atoms with Gasteiger partial charge in [-0.05, 0) is 51.3 Å². The van der Waals surface area contributed by atoms with Gasteiger partial charge in [0.05, 0.1) is 6.54 Å². The van der Waals surface area contributed by atoms with Crippen LogP contribution in [0.5, 0.6) is 0 Å². The van der Waals surface area contributed by atoms with Crippen LogP contribution in [0.25, 0.3) is 0 Å². The van der Waals surface area contributed by atoms with Crippen LogP contribution in [0.4, 0.5) is 0 Å². The molecule has 0 aliphatic heterocycles. The van der Waals surface area contributed by atoms with Gasteiger partial charge in [0, 0.05) is 11.4 Å². The van der Waals surface area contributed by atoms with Crippen molar-refractivity contribution in [2.75, 3.05) is 14.1 Å². The molecule has 0 saturated heterocycles. The summed E-state index contributed by atoms with van der Waals surface area (Å²) < 4.78 is 0. The molecule has 0 spiro atoms. The van der Waals surface area contributed by atoms with Crippen molar-refractivity contribution in [2.45, 2.75) is 46.6 Å². The molecule has 0 saturated carbocycles. The maximum atomic E-state index is 4.73. The highest BCUT2D eigenvalue weighted by Crippen LogP contribution is 2.34. The van der Waals surface area contributed by atoms with Gasteiger partial charge < -0.3 is 4.90 Å². The van der Waals surface area contributed by atoms with Crippen molar-refractivity contribution in [1.29, 1.82) is 0 Å². The topological polar surface area (TPSA) is 29.0 Å². The lowest BCUT2D eigenvalue weighted by Crippen LogP contribution is -2.26. The Morgan fingerprint density at radius 1 is 1.24 bits per heavy atom. The van der Waals surface area contributed by atoms with Gasteiger partial charge in [0.2, 0.25) is 0 Å². The third-order valence-corrected chi connectivity index (χ3v) is 3.50. The molecular weight excluding hydrogens is 210 g/mol. The predicted octanol–water partition coefficient (Wildman–Crippen LogP) is 2.36. The van der Waals surface area contributed by atoms with E-state index >= 15 is 0 Å². The third-order valence-electron chi connectivity index (χ3n) is 3.50. The van der Waals surface area contributed by atoms with Crippen LogP contribution in [0.3, 0.4) is 0 Å². The molecule has 1 aromatic heterocycles. The molecule has 3 nitrogen and oxygen atoms in total. The fourth-order valence-corrected chi connectivity index (χ4v) is 2.53. The van der Waals surface area contributed by atoms with E-state index in [2.05, 4.69) is 44.8 Å². The summed E-state index contributed by atoms with van der Waals surface area (Å²) in [5.41, 5.74) is 4.27. The van der Waals surface area contributed by atoms with Crippen LogP contribution in [-0.2, 0) is 19.4 Å². The molecule has 3 heteroatoms. The average Bonchev–Trinajstić information content (AvgIpc) is 2.18. The smallest absolute Gasteiger partial charge is 0.142 e. The Morgan fingerprint density at radius 2 is 1.94 bits per heavy atom. The van der Waals surface area contributed by atoms with E-state index in [1.165, 1.54) is 23.4 Å². The molecule has 1 aliphatic carbocycles. The molecule has 94 valence electrons. The van der Waals surface area contributed by atoms with Crippen LogP contribution >= 0.6 is 0 Å². The fraction of sp³-hybridized carbons (Fsp3) is 0.714.